The summed E-state index contributed by atoms with van der Waals surface area (Å²) >= 11 is 1.30. The summed E-state index contributed by atoms with van der Waals surface area (Å²) in [6.07, 6.45) is -1.45. The van der Waals surface area contributed by atoms with E-state index in [1.54, 1.807) is 17.8 Å². The molecule has 0 saturated heterocycles. The number of hydrogen-bond acceptors (Lipinski definition) is 6. The number of aryl methyl sites for hydroxylation is 1. The highest BCUT2D eigenvalue weighted by atomic mass is 32.1. The summed E-state index contributed by atoms with van der Waals surface area (Å²) in [5, 5.41) is 7.44. The zero-order chi connectivity index (χ0) is 22.7. The number of benzene rings is 2. The highest BCUT2D eigenvalue weighted by molar-refractivity contribution is 7.26. The van der Waals surface area contributed by atoms with E-state index in [1.165, 1.54) is 17.4 Å². The number of thiophene rings is 1. The zero-order valence-corrected chi connectivity index (χ0v) is 18.5. The van der Waals surface area contributed by atoms with Gasteiger partial charge >= 0.3 is 0 Å². The van der Waals surface area contributed by atoms with E-state index in [0.717, 1.165) is 26.6 Å². The second-order valence-electron chi connectivity index (χ2n) is 7.84. The van der Waals surface area contributed by atoms with Gasteiger partial charge in [-0.2, -0.15) is 0 Å². The molecule has 0 aliphatic rings. The molecule has 0 saturated carbocycles. The lowest BCUT2D eigenvalue weighted by Gasteiger charge is -2.13. The number of rotatable bonds is 4. The lowest BCUT2D eigenvalue weighted by atomic mass is 10.1. The van der Waals surface area contributed by atoms with Crippen molar-refractivity contribution < 1.29 is 13.5 Å². The SMILES string of the molecule is Cc1cc(C(F)F)nc2sc3c(ncn4nc(C(C)Oc5cccc6ccccc56)nc34)c12. The number of nitrogens with zero attached hydrogens (tertiary/aromatic N) is 5. The highest BCUT2D eigenvalue weighted by Gasteiger charge is 2.21. The number of fused-ring (bicyclic) bond motifs is 6. The number of halogens is 2. The van der Waals surface area contributed by atoms with Gasteiger partial charge in [-0.15, -0.1) is 16.4 Å². The summed E-state index contributed by atoms with van der Waals surface area (Å²) < 4.78 is 35.1. The molecule has 1 atom stereocenters. The van der Waals surface area contributed by atoms with E-state index in [4.69, 9.17) is 9.72 Å². The Morgan fingerprint density at radius 2 is 1.88 bits per heavy atom. The Balaban J connectivity index is 1.45. The Morgan fingerprint density at radius 1 is 1.06 bits per heavy atom. The van der Waals surface area contributed by atoms with Crippen LogP contribution in [0.1, 0.15) is 36.5 Å². The van der Waals surface area contributed by atoms with Gasteiger partial charge in [-0.3, -0.25) is 0 Å². The first kappa shape index (κ1) is 19.9. The van der Waals surface area contributed by atoms with Crippen molar-refractivity contribution in [1.29, 1.82) is 0 Å². The normalized spacial score (nSPS) is 13.0. The fourth-order valence-electron chi connectivity index (χ4n) is 4.08. The van der Waals surface area contributed by atoms with Gasteiger partial charge in [0.1, 0.15) is 27.3 Å². The second kappa shape index (κ2) is 7.41. The van der Waals surface area contributed by atoms with E-state index in [0.29, 0.717) is 27.4 Å². The van der Waals surface area contributed by atoms with Gasteiger partial charge in [-0.25, -0.2) is 28.2 Å². The fourth-order valence-corrected chi connectivity index (χ4v) is 5.26. The van der Waals surface area contributed by atoms with Gasteiger partial charge < -0.3 is 4.74 Å². The average Bonchev–Trinajstić information content (AvgIpc) is 3.41. The third-order valence-corrected chi connectivity index (χ3v) is 6.71. The summed E-state index contributed by atoms with van der Waals surface area (Å²) in [5.74, 6) is 1.26. The molecule has 6 nitrogen and oxygen atoms in total. The maximum atomic E-state index is 13.2. The standard InChI is InChI=1S/C24H17F2N5OS/c1-12-10-16(21(25)26)28-24-18(12)19-20(33-24)23-29-22(30-31(23)11-27-19)13(2)32-17-9-5-7-14-6-3-4-8-15(14)17/h3-11,13,21H,1-2H3. The number of pyridine rings is 1. The number of hydrogen-bond donors (Lipinski definition) is 0. The summed E-state index contributed by atoms with van der Waals surface area (Å²) in [6.45, 7) is 3.69. The fraction of sp³-hybridized carbons (Fsp3) is 0.167. The zero-order valence-electron chi connectivity index (χ0n) is 17.7. The van der Waals surface area contributed by atoms with Crippen LogP contribution in [-0.4, -0.2) is 24.6 Å². The summed E-state index contributed by atoms with van der Waals surface area (Å²) in [7, 11) is 0. The van der Waals surface area contributed by atoms with E-state index < -0.39 is 12.5 Å². The quantitative estimate of drug-likeness (QED) is 0.303. The van der Waals surface area contributed by atoms with Crippen molar-refractivity contribution in [3.05, 3.63) is 71.9 Å². The Bertz CT molecular complexity index is 1670. The molecule has 6 rings (SSSR count). The van der Waals surface area contributed by atoms with Crippen molar-refractivity contribution in [1.82, 2.24) is 24.6 Å². The van der Waals surface area contributed by atoms with Gasteiger partial charge in [0.15, 0.2) is 17.6 Å². The molecule has 2 aromatic carbocycles. The molecule has 9 heteroatoms. The minimum absolute atomic E-state index is 0.234. The van der Waals surface area contributed by atoms with Gasteiger partial charge in [0.25, 0.3) is 6.43 Å². The first-order valence-electron chi connectivity index (χ1n) is 10.4. The van der Waals surface area contributed by atoms with Crippen LogP contribution in [0.5, 0.6) is 5.75 Å². The molecule has 6 aromatic rings. The molecule has 164 valence electrons. The predicted molar refractivity (Wildman–Crippen MR) is 124 cm³/mol. The van der Waals surface area contributed by atoms with E-state index in [1.807, 2.05) is 49.4 Å². The Hall–Kier alpha value is -3.72. The van der Waals surface area contributed by atoms with E-state index in [9.17, 15) is 8.78 Å². The van der Waals surface area contributed by atoms with Crippen LogP contribution >= 0.6 is 11.3 Å². The van der Waals surface area contributed by atoms with E-state index in [-0.39, 0.29) is 5.69 Å². The van der Waals surface area contributed by atoms with Crippen molar-refractivity contribution in [2.75, 3.05) is 0 Å². The molecule has 33 heavy (non-hydrogen) atoms. The summed E-state index contributed by atoms with van der Waals surface area (Å²) in [5.41, 5.74) is 1.77. The monoisotopic (exact) mass is 461 g/mol. The molecule has 0 N–H and O–H groups in total. The van der Waals surface area contributed by atoms with Crippen molar-refractivity contribution in [3.8, 4) is 5.75 Å². The van der Waals surface area contributed by atoms with Crippen LogP contribution in [-0.2, 0) is 0 Å². The van der Waals surface area contributed by atoms with Crippen molar-refractivity contribution in [2.45, 2.75) is 26.4 Å². The van der Waals surface area contributed by atoms with Crippen LogP contribution in [0, 0.1) is 6.92 Å². The molecule has 0 aliphatic carbocycles. The maximum Gasteiger partial charge on any atom is 0.280 e. The van der Waals surface area contributed by atoms with Crippen LogP contribution in [0.15, 0.2) is 54.9 Å². The lowest BCUT2D eigenvalue weighted by molar-refractivity contribution is 0.146. The molecule has 0 bridgehead atoms. The first-order chi connectivity index (χ1) is 16.0. The molecular formula is C24H17F2N5OS. The number of alkyl halides is 2. The molecule has 0 spiro atoms. The molecule has 0 aliphatic heterocycles. The van der Waals surface area contributed by atoms with Crippen LogP contribution in [0.25, 0.3) is 36.9 Å². The van der Waals surface area contributed by atoms with Crippen LogP contribution in [0.2, 0.25) is 0 Å². The Morgan fingerprint density at radius 3 is 2.73 bits per heavy atom. The van der Waals surface area contributed by atoms with Gasteiger partial charge in [0.2, 0.25) is 0 Å². The topological polar surface area (TPSA) is 65.2 Å². The average molecular weight is 461 g/mol. The molecule has 0 radical (unpaired) electrons. The van der Waals surface area contributed by atoms with Crippen molar-refractivity contribution in [3.63, 3.8) is 0 Å². The minimum Gasteiger partial charge on any atom is -0.482 e. The molecule has 4 heterocycles. The number of ether oxygens (including phenoxy) is 1. The summed E-state index contributed by atoms with van der Waals surface area (Å²) in [4.78, 5) is 13.9. The first-order valence-corrected chi connectivity index (χ1v) is 11.2. The predicted octanol–water partition coefficient (Wildman–Crippen LogP) is 6.43. The molecule has 0 amide bonds. The third kappa shape index (κ3) is 3.19. The summed E-state index contributed by atoms with van der Waals surface area (Å²) in [6, 6.07) is 15.4. The van der Waals surface area contributed by atoms with Gasteiger partial charge in [0, 0.05) is 10.8 Å². The van der Waals surface area contributed by atoms with Crippen LogP contribution in [0.4, 0.5) is 8.78 Å². The van der Waals surface area contributed by atoms with Crippen LogP contribution < -0.4 is 4.74 Å². The number of aromatic nitrogens is 5. The highest BCUT2D eigenvalue weighted by Crippen LogP contribution is 2.37. The molecule has 4 aromatic heterocycles. The van der Waals surface area contributed by atoms with Crippen LogP contribution in [0.3, 0.4) is 0 Å². The lowest BCUT2D eigenvalue weighted by Crippen LogP contribution is -2.05. The largest absolute Gasteiger partial charge is 0.482 e. The van der Waals surface area contributed by atoms with E-state index >= 15 is 0 Å². The molecule has 1 unspecified atom stereocenters. The minimum atomic E-state index is -2.63. The van der Waals surface area contributed by atoms with Crippen molar-refractivity contribution in [2.24, 2.45) is 0 Å². The third-order valence-electron chi connectivity index (χ3n) is 5.64. The van der Waals surface area contributed by atoms with Crippen molar-refractivity contribution >= 4 is 48.2 Å². The van der Waals surface area contributed by atoms with Gasteiger partial charge in [-0.1, -0.05) is 36.4 Å². The second-order valence-corrected chi connectivity index (χ2v) is 8.84. The molecule has 0 fully saturated rings. The maximum absolute atomic E-state index is 13.2. The molecular weight excluding hydrogens is 444 g/mol. The Labute approximate surface area is 190 Å². The van der Waals surface area contributed by atoms with Gasteiger partial charge in [0.05, 0.1) is 5.52 Å². The Kier molecular flexibility index (Phi) is 4.48. The van der Waals surface area contributed by atoms with E-state index in [2.05, 4.69) is 15.1 Å². The van der Waals surface area contributed by atoms with Gasteiger partial charge in [-0.05, 0) is 36.9 Å². The smallest absolute Gasteiger partial charge is 0.280 e.